The largest absolute Gasteiger partial charge is 0.504 e. The summed E-state index contributed by atoms with van der Waals surface area (Å²) < 4.78 is 31.9. The molecule has 1 aliphatic rings. The van der Waals surface area contributed by atoms with Gasteiger partial charge in [0.05, 0.1) is 16.3 Å². The number of nitro benzene ring substituents is 1. The molecule has 30 heavy (non-hydrogen) atoms. The number of nitro groups is 1. The summed E-state index contributed by atoms with van der Waals surface area (Å²) in [6.45, 7) is 1.52. The van der Waals surface area contributed by atoms with E-state index in [0.29, 0.717) is 11.8 Å². The second-order valence-corrected chi connectivity index (χ2v) is 7.28. The van der Waals surface area contributed by atoms with Gasteiger partial charge in [-0.05, 0) is 19.1 Å². The fourth-order valence-electron chi connectivity index (χ4n) is 2.52. The molecule has 1 heterocycles. The third-order valence-electron chi connectivity index (χ3n) is 3.91. The van der Waals surface area contributed by atoms with Crippen LogP contribution in [0.15, 0.2) is 62.7 Å². The molecule has 1 unspecified atom stereocenters. The van der Waals surface area contributed by atoms with Crippen molar-refractivity contribution in [3.8, 4) is 5.75 Å². The number of carbonyl (C=O) groups excluding carboxylic acids is 1. The number of azo groups is 1. The molecule has 12 nitrogen and oxygen atoms in total. The SMILES string of the molecule is CC1=NN(c2ccccc2)C(=O)C1N=Nc1cc([N+](=O)[O-])cc(S(=O)(=O)O)c1O.[Na]. The second kappa shape index (κ2) is 8.97. The molecule has 1 amide bonds. The van der Waals surface area contributed by atoms with E-state index in [0.717, 1.165) is 11.1 Å². The zero-order valence-electron chi connectivity index (χ0n) is 15.7. The van der Waals surface area contributed by atoms with Gasteiger partial charge in [0.2, 0.25) is 0 Å². The number of phenols is 1. The third kappa shape index (κ3) is 4.71. The maximum absolute atomic E-state index is 12.6. The van der Waals surface area contributed by atoms with Crippen molar-refractivity contribution in [3.05, 3.63) is 52.6 Å². The zero-order valence-corrected chi connectivity index (χ0v) is 18.5. The molecular weight excluding hydrogens is 429 g/mol. The van der Waals surface area contributed by atoms with Crippen LogP contribution in [0.2, 0.25) is 0 Å². The monoisotopic (exact) mass is 442 g/mol. The predicted octanol–water partition coefficient (Wildman–Crippen LogP) is 2.04. The molecule has 2 aromatic rings. The predicted molar refractivity (Wildman–Crippen MR) is 106 cm³/mol. The Morgan fingerprint density at radius 1 is 1.23 bits per heavy atom. The summed E-state index contributed by atoms with van der Waals surface area (Å²) >= 11 is 0. The number of hydrogen-bond donors (Lipinski definition) is 2. The van der Waals surface area contributed by atoms with Crippen molar-refractivity contribution in [1.82, 2.24) is 0 Å². The fraction of sp³-hybridized carbons (Fsp3) is 0.125. The van der Waals surface area contributed by atoms with Crippen LogP contribution < -0.4 is 5.01 Å². The van der Waals surface area contributed by atoms with Gasteiger partial charge in [-0.1, -0.05) is 18.2 Å². The number of amides is 1. The van der Waals surface area contributed by atoms with Crippen LogP contribution in [0.5, 0.6) is 5.75 Å². The molecule has 0 saturated heterocycles. The van der Waals surface area contributed by atoms with Gasteiger partial charge in [0.15, 0.2) is 11.8 Å². The van der Waals surface area contributed by atoms with Gasteiger partial charge in [0.1, 0.15) is 10.6 Å². The molecule has 3 rings (SSSR count). The fourth-order valence-corrected chi connectivity index (χ4v) is 3.14. The summed E-state index contributed by atoms with van der Waals surface area (Å²) in [4.78, 5) is 21.5. The Bertz CT molecular complexity index is 1170. The molecule has 0 aliphatic carbocycles. The molecule has 0 spiro atoms. The van der Waals surface area contributed by atoms with E-state index in [4.69, 9.17) is 4.55 Å². The van der Waals surface area contributed by atoms with E-state index in [-0.39, 0.29) is 35.3 Å². The van der Waals surface area contributed by atoms with E-state index in [2.05, 4.69) is 15.3 Å². The van der Waals surface area contributed by atoms with Crippen molar-refractivity contribution in [2.24, 2.45) is 15.3 Å². The maximum Gasteiger partial charge on any atom is 0.298 e. The summed E-state index contributed by atoms with van der Waals surface area (Å²) in [5.74, 6) is -1.60. The first kappa shape index (κ1) is 23.6. The van der Waals surface area contributed by atoms with Gasteiger partial charge in [-0.3, -0.25) is 19.5 Å². The molecule has 14 heteroatoms. The molecule has 151 valence electrons. The number of nitrogens with zero attached hydrogens (tertiary/aromatic N) is 5. The Morgan fingerprint density at radius 3 is 2.43 bits per heavy atom. The Hall–Kier alpha value is -2.71. The first-order valence-electron chi connectivity index (χ1n) is 7.93. The van der Waals surface area contributed by atoms with Crippen molar-refractivity contribution in [1.29, 1.82) is 0 Å². The Kier molecular flexibility index (Phi) is 7.05. The van der Waals surface area contributed by atoms with E-state index in [1.165, 1.54) is 6.92 Å². The Morgan fingerprint density at radius 2 is 1.87 bits per heavy atom. The summed E-state index contributed by atoms with van der Waals surface area (Å²) in [5.41, 5.74) is -0.604. The van der Waals surface area contributed by atoms with E-state index < -0.39 is 49.0 Å². The number of rotatable bonds is 5. The zero-order chi connectivity index (χ0) is 21.3. The number of para-hydroxylation sites is 1. The minimum absolute atomic E-state index is 0. The number of benzene rings is 2. The van der Waals surface area contributed by atoms with E-state index in [1.807, 2.05) is 0 Å². The molecule has 2 N–H and O–H groups in total. The summed E-state index contributed by atoms with van der Waals surface area (Å²) in [7, 11) is -4.97. The standard InChI is InChI=1S/C16H13N5O7S.Na/c1-9-14(16(23)20(19-9)10-5-3-2-4-6-10)18-17-12-7-11(21(24)25)8-13(15(12)22)29(26,27)28;/h2-8,14,22H,1H3,(H,26,27,28);. The van der Waals surface area contributed by atoms with Crippen molar-refractivity contribution in [2.45, 2.75) is 17.9 Å². The maximum atomic E-state index is 12.6. The third-order valence-corrected chi connectivity index (χ3v) is 4.77. The van der Waals surface area contributed by atoms with Gasteiger partial charge >= 0.3 is 0 Å². The molecule has 2 aromatic carbocycles. The Labute approximate surface area is 192 Å². The van der Waals surface area contributed by atoms with E-state index in [1.54, 1.807) is 30.3 Å². The molecule has 0 saturated carbocycles. The quantitative estimate of drug-likeness (QED) is 0.234. The summed E-state index contributed by atoms with van der Waals surface area (Å²) in [6, 6.07) is 8.54. The number of hydrogen-bond acceptors (Lipinski definition) is 9. The van der Waals surface area contributed by atoms with Crippen LogP contribution in [-0.4, -0.2) is 70.2 Å². The molecule has 0 aromatic heterocycles. The van der Waals surface area contributed by atoms with Crippen LogP contribution in [-0.2, 0) is 14.9 Å². The first-order chi connectivity index (χ1) is 13.6. The van der Waals surface area contributed by atoms with Gasteiger partial charge in [-0.2, -0.15) is 28.8 Å². The van der Waals surface area contributed by atoms with Gasteiger partial charge in [-0.15, -0.1) is 0 Å². The van der Waals surface area contributed by atoms with E-state index in [9.17, 15) is 28.4 Å². The van der Waals surface area contributed by atoms with Gasteiger partial charge in [0.25, 0.3) is 21.7 Å². The second-order valence-electron chi connectivity index (χ2n) is 5.89. The minimum Gasteiger partial charge on any atom is -0.504 e. The van der Waals surface area contributed by atoms with Crippen LogP contribution >= 0.6 is 0 Å². The number of aromatic hydroxyl groups is 1. The smallest absolute Gasteiger partial charge is 0.298 e. The number of carbonyl (C=O) groups is 1. The molecule has 1 aliphatic heterocycles. The normalized spacial score (nSPS) is 16.5. The number of non-ortho nitro benzene ring substituents is 1. The van der Waals surface area contributed by atoms with Gasteiger partial charge < -0.3 is 5.11 Å². The minimum atomic E-state index is -4.97. The molecule has 1 atom stereocenters. The van der Waals surface area contributed by atoms with Crippen molar-refractivity contribution in [2.75, 3.05) is 5.01 Å². The molecule has 0 fully saturated rings. The Balaban J connectivity index is 0.00000320. The number of phenolic OH excluding ortho intramolecular Hbond substituents is 1. The average Bonchev–Trinajstić information content (AvgIpc) is 2.94. The van der Waals surface area contributed by atoms with Gasteiger partial charge in [0, 0.05) is 41.7 Å². The van der Waals surface area contributed by atoms with Gasteiger partial charge in [-0.25, -0.2) is 0 Å². The average molecular weight is 442 g/mol. The topological polar surface area (TPSA) is 175 Å². The van der Waals surface area contributed by atoms with Crippen LogP contribution in [0.1, 0.15) is 6.92 Å². The molecule has 1 radical (unpaired) electrons. The number of hydrazone groups is 1. The van der Waals surface area contributed by atoms with Crippen molar-refractivity contribution in [3.63, 3.8) is 0 Å². The van der Waals surface area contributed by atoms with Crippen LogP contribution in [0.3, 0.4) is 0 Å². The number of anilines is 1. The van der Waals surface area contributed by atoms with Crippen LogP contribution in [0, 0.1) is 10.1 Å². The van der Waals surface area contributed by atoms with Crippen molar-refractivity contribution < 1.29 is 27.8 Å². The van der Waals surface area contributed by atoms with Crippen LogP contribution in [0.25, 0.3) is 0 Å². The summed E-state index contributed by atoms with van der Waals surface area (Å²) in [5, 5.41) is 33.6. The molecular formula is C16H13N5NaO7S. The van der Waals surface area contributed by atoms with E-state index >= 15 is 0 Å². The first-order valence-corrected chi connectivity index (χ1v) is 9.37. The van der Waals surface area contributed by atoms with Crippen LogP contribution in [0.4, 0.5) is 17.1 Å². The molecule has 0 bridgehead atoms. The summed E-state index contributed by atoms with van der Waals surface area (Å²) in [6.07, 6.45) is 0. The van der Waals surface area contributed by atoms with Crippen molar-refractivity contribution >= 4 is 68.4 Å².